The second-order valence-electron chi connectivity index (χ2n) is 8.82. The van der Waals surface area contributed by atoms with Crippen LogP contribution < -0.4 is 4.74 Å². The van der Waals surface area contributed by atoms with Gasteiger partial charge in [0, 0.05) is 39.1 Å². The van der Waals surface area contributed by atoms with Gasteiger partial charge < -0.3 is 9.64 Å². The standard InChI is InChI=1S/C25H29N5O2/c1-17-4-6-22(18(2)14-17)30-26-19(3)24(27-30)25(31)29-11-9-28(10-12-29)16-20-5-7-23-21(15-20)8-13-32-23/h4-7,14-15H,8-13,16H2,1-3H3. The van der Waals surface area contributed by atoms with Gasteiger partial charge in [-0.25, -0.2) is 0 Å². The number of carbonyl (C=O) groups excluding carboxylic acids is 1. The summed E-state index contributed by atoms with van der Waals surface area (Å²) in [7, 11) is 0. The van der Waals surface area contributed by atoms with Crippen LogP contribution in [0.3, 0.4) is 0 Å². The summed E-state index contributed by atoms with van der Waals surface area (Å²) in [6.07, 6.45) is 0.994. The van der Waals surface area contributed by atoms with Crippen molar-refractivity contribution in [3.63, 3.8) is 0 Å². The predicted octanol–water partition coefficient (Wildman–Crippen LogP) is 3.09. The molecule has 0 radical (unpaired) electrons. The fourth-order valence-electron chi connectivity index (χ4n) is 4.57. The van der Waals surface area contributed by atoms with E-state index in [1.165, 1.54) is 16.7 Å². The molecule has 166 valence electrons. The lowest BCUT2D eigenvalue weighted by molar-refractivity contribution is 0.0621. The average molecular weight is 432 g/mol. The van der Waals surface area contributed by atoms with Gasteiger partial charge in [-0.15, -0.1) is 5.10 Å². The Morgan fingerprint density at radius 1 is 1.00 bits per heavy atom. The Hall–Kier alpha value is -3.19. The molecular formula is C25H29N5O2. The highest BCUT2D eigenvalue weighted by Gasteiger charge is 2.26. The Kier molecular flexibility index (Phi) is 5.43. The van der Waals surface area contributed by atoms with Gasteiger partial charge in [0.05, 0.1) is 18.0 Å². The number of nitrogens with zero attached hydrogens (tertiary/aromatic N) is 5. The van der Waals surface area contributed by atoms with Crippen LogP contribution in [0.25, 0.3) is 5.69 Å². The molecule has 5 rings (SSSR count). The first-order chi connectivity index (χ1) is 15.5. The van der Waals surface area contributed by atoms with Crippen molar-refractivity contribution in [3.05, 3.63) is 70.0 Å². The minimum Gasteiger partial charge on any atom is -0.493 e. The van der Waals surface area contributed by atoms with Gasteiger partial charge in [0.25, 0.3) is 5.91 Å². The van der Waals surface area contributed by atoms with E-state index in [2.05, 4.69) is 46.3 Å². The zero-order valence-electron chi connectivity index (χ0n) is 19.0. The maximum atomic E-state index is 13.2. The van der Waals surface area contributed by atoms with Gasteiger partial charge in [0.2, 0.25) is 0 Å². The van der Waals surface area contributed by atoms with Gasteiger partial charge >= 0.3 is 0 Å². The monoisotopic (exact) mass is 431 g/mol. The zero-order chi connectivity index (χ0) is 22.2. The summed E-state index contributed by atoms with van der Waals surface area (Å²) in [4.78, 5) is 19.1. The normalized spacial score (nSPS) is 16.2. The number of fused-ring (bicyclic) bond motifs is 1. The maximum Gasteiger partial charge on any atom is 0.276 e. The molecule has 2 aliphatic heterocycles. The third-order valence-electron chi connectivity index (χ3n) is 6.37. The molecule has 0 aliphatic carbocycles. The molecule has 0 saturated carbocycles. The van der Waals surface area contributed by atoms with Crippen LogP contribution in [0.5, 0.6) is 5.75 Å². The van der Waals surface area contributed by atoms with Crippen molar-refractivity contribution in [2.75, 3.05) is 32.8 Å². The molecule has 1 aromatic heterocycles. The summed E-state index contributed by atoms with van der Waals surface area (Å²) in [6, 6.07) is 12.6. The highest BCUT2D eigenvalue weighted by Crippen LogP contribution is 2.26. The second kappa shape index (κ2) is 8.39. The van der Waals surface area contributed by atoms with Gasteiger partial charge in [0.1, 0.15) is 5.75 Å². The minimum atomic E-state index is -0.0344. The van der Waals surface area contributed by atoms with E-state index in [9.17, 15) is 4.79 Å². The molecule has 0 atom stereocenters. The van der Waals surface area contributed by atoms with E-state index < -0.39 is 0 Å². The SMILES string of the molecule is Cc1ccc(-n2nc(C)c(C(=O)N3CCN(Cc4ccc5c(c4)CCO5)CC3)n2)c(C)c1. The average Bonchev–Trinajstić information content (AvgIpc) is 3.40. The van der Waals surface area contributed by atoms with Crippen molar-refractivity contribution in [2.45, 2.75) is 33.7 Å². The number of aromatic nitrogens is 3. The molecule has 7 nitrogen and oxygen atoms in total. The molecule has 2 aliphatic rings. The van der Waals surface area contributed by atoms with Gasteiger partial charge in [-0.1, -0.05) is 29.8 Å². The molecular weight excluding hydrogens is 402 g/mol. The number of benzene rings is 2. The van der Waals surface area contributed by atoms with Gasteiger partial charge in [0.15, 0.2) is 5.69 Å². The Bertz CT molecular complexity index is 1160. The number of piperazine rings is 1. The van der Waals surface area contributed by atoms with Gasteiger partial charge in [-0.05, 0) is 49.6 Å². The Morgan fingerprint density at radius 2 is 1.81 bits per heavy atom. The summed E-state index contributed by atoms with van der Waals surface area (Å²) in [5.74, 6) is 0.987. The predicted molar refractivity (Wildman–Crippen MR) is 122 cm³/mol. The number of rotatable bonds is 4. The summed E-state index contributed by atoms with van der Waals surface area (Å²) >= 11 is 0. The number of amides is 1. The Balaban J connectivity index is 1.23. The van der Waals surface area contributed by atoms with Crippen LogP contribution in [0.2, 0.25) is 0 Å². The lowest BCUT2D eigenvalue weighted by Crippen LogP contribution is -2.48. The van der Waals surface area contributed by atoms with E-state index in [1.54, 1.807) is 4.80 Å². The van der Waals surface area contributed by atoms with Crippen molar-refractivity contribution in [1.29, 1.82) is 0 Å². The first-order valence-corrected chi connectivity index (χ1v) is 11.3. The summed E-state index contributed by atoms with van der Waals surface area (Å²) in [5.41, 5.74) is 6.90. The number of aryl methyl sites for hydroxylation is 3. The molecule has 3 aromatic rings. The molecule has 1 saturated heterocycles. The largest absolute Gasteiger partial charge is 0.493 e. The fraction of sp³-hybridized carbons (Fsp3) is 0.400. The van der Waals surface area contributed by atoms with Crippen LogP contribution in [-0.4, -0.2) is 63.5 Å². The van der Waals surface area contributed by atoms with E-state index in [4.69, 9.17) is 4.74 Å². The van der Waals surface area contributed by atoms with E-state index in [0.717, 1.165) is 49.7 Å². The fourth-order valence-corrected chi connectivity index (χ4v) is 4.57. The quantitative estimate of drug-likeness (QED) is 0.635. The molecule has 3 heterocycles. The molecule has 0 unspecified atom stereocenters. The molecule has 7 heteroatoms. The van der Waals surface area contributed by atoms with Gasteiger partial charge in [-0.3, -0.25) is 9.69 Å². The van der Waals surface area contributed by atoms with Crippen LogP contribution in [0.15, 0.2) is 36.4 Å². The molecule has 2 aromatic carbocycles. The van der Waals surface area contributed by atoms with Crippen molar-refractivity contribution < 1.29 is 9.53 Å². The van der Waals surface area contributed by atoms with E-state index in [-0.39, 0.29) is 5.91 Å². The zero-order valence-corrected chi connectivity index (χ0v) is 19.0. The minimum absolute atomic E-state index is 0.0344. The van der Waals surface area contributed by atoms with E-state index >= 15 is 0 Å². The Morgan fingerprint density at radius 3 is 2.59 bits per heavy atom. The second-order valence-corrected chi connectivity index (χ2v) is 8.82. The smallest absolute Gasteiger partial charge is 0.276 e. The van der Waals surface area contributed by atoms with Crippen LogP contribution in [0.1, 0.15) is 38.4 Å². The molecule has 32 heavy (non-hydrogen) atoms. The summed E-state index contributed by atoms with van der Waals surface area (Å²) in [5, 5.41) is 9.08. The van der Waals surface area contributed by atoms with Crippen LogP contribution in [0, 0.1) is 20.8 Å². The summed E-state index contributed by atoms with van der Waals surface area (Å²) < 4.78 is 5.61. The first kappa shape index (κ1) is 20.7. The third kappa shape index (κ3) is 4.00. The lowest BCUT2D eigenvalue weighted by atomic mass is 10.1. The highest BCUT2D eigenvalue weighted by molar-refractivity contribution is 5.93. The molecule has 0 spiro atoms. The van der Waals surface area contributed by atoms with Crippen molar-refractivity contribution in [2.24, 2.45) is 0 Å². The maximum absolute atomic E-state index is 13.2. The van der Waals surface area contributed by atoms with Crippen molar-refractivity contribution in [3.8, 4) is 11.4 Å². The third-order valence-corrected chi connectivity index (χ3v) is 6.37. The topological polar surface area (TPSA) is 63.5 Å². The lowest BCUT2D eigenvalue weighted by Gasteiger charge is -2.34. The number of carbonyl (C=O) groups is 1. The van der Waals surface area contributed by atoms with E-state index in [0.29, 0.717) is 24.5 Å². The molecule has 0 N–H and O–H groups in total. The summed E-state index contributed by atoms with van der Waals surface area (Å²) in [6.45, 7) is 10.7. The number of hydrogen-bond acceptors (Lipinski definition) is 5. The van der Waals surface area contributed by atoms with Crippen molar-refractivity contribution in [1.82, 2.24) is 24.8 Å². The molecule has 1 amide bonds. The first-order valence-electron chi connectivity index (χ1n) is 11.3. The highest BCUT2D eigenvalue weighted by atomic mass is 16.5. The van der Waals surface area contributed by atoms with Crippen LogP contribution in [0.4, 0.5) is 0 Å². The van der Waals surface area contributed by atoms with Crippen LogP contribution >= 0.6 is 0 Å². The van der Waals surface area contributed by atoms with Crippen molar-refractivity contribution >= 4 is 5.91 Å². The number of hydrogen-bond donors (Lipinski definition) is 0. The van der Waals surface area contributed by atoms with Crippen LogP contribution in [-0.2, 0) is 13.0 Å². The molecule has 1 fully saturated rings. The Labute approximate surface area is 188 Å². The van der Waals surface area contributed by atoms with E-state index in [1.807, 2.05) is 30.9 Å². The van der Waals surface area contributed by atoms with Gasteiger partial charge in [-0.2, -0.15) is 9.90 Å². The molecule has 0 bridgehead atoms. The number of ether oxygens (including phenoxy) is 1.